The zero-order valence-electron chi connectivity index (χ0n) is 17.6. The lowest BCUT2D eigenvalue weighted by atomic mass is 9.94. The first-order valence-electron chi connectivity index (χ1n) is 10.0. The highest BCUT2D eigenvalue weighted by Crippen LogP contribution is 2.39. The Morgan fingerprint density at radius 1 is 1.07 bits per heavy atom. The predicted molar refractivity (Wildman–Crippen MR) is 114 cm³/mol. The number of methoxy groups -OCH3 is 1. The summed E-state index contributed by atoms with van der Waals surface area (Å²) in [5, 5.41) is 11.0. The van der Waals surface area contributed by atoms with Gasteiger partial charge in [-0.25, -0.2) is 0 Å². The standard InChI is InChI=1S/C24H27NO5/c1-4-30-19-12-10-18(11-13-19)22(26)20-21(17-8-6-16(2)7-9-17)25(14-5-15-29-3)24(28)23(20)27/h6-13,21,26H,4-5,14-15H2,1-3H3/t21-/m0/s1. The van der Waals surface area contributed by atoms with Gasteiger partial charge in [0.1, 0.15) is 11.5 Å². The number of hydrogen-bond donors (Lipinski definition) is 1. The molecular weight excluding hydrogens is 382 g/mol. The highest BCUT2D eigenvalue weighted by Gasteiger charge is 2.45. The Labute approximate surface area is 176 Å². The topological polar surface area (TPSA) is 76.1 Å². The number of nitrogens with zero attached hydrogens (tertiary/aromatic N) is 1. The molecule has 1 N–H and O–H groups in total. The van der Waals surface area contributed by atoms with Crippen LogP contribution >= 0.6 is 0 Å². The molecule has 0 bridgehead atoms. The van der Waals surface area contributed by atoms with E-state index in [1.807, 2.05) is 38.1 Å². The Hall–Kier alpha value is -3.12. The number of ether oxygens (including phenoxy) is 2. The molecule has 2 aromatic carbocycles. The minimum Gasteiger partial charge on any atom is -0.507 e. The number of amides is 1. The number of aryl methyl sites for hydroxylation is 1. The van der Waals surface area contributed by atoms with Crippen molar-refractivity contribution in [2.75, 3.05) is 26.9 Å². The fraction of sp³-hybridized carbons (Fsp3) is 0.333. The summed E-state index contributed by atoms with van der Waals surface area (Å²) in [6.07, 6.45) is 0.592. The fourth-order valence-electron chi connectivity index (χ4n) is 3.62. The summed E-state index contributed by atoms with van der Waals surface area (Å²) in [5.74, 6) is -0.797. The van der Waals surface area contributed by atoms with Gasteiger partial charge in [0.05, 0.1) is 18.2 Å². The highest BCUT2D eigenvalue weighted by atomic mass is 16.5. The zero-order chi connectivity index (χ0) is 21.7. The Kier molecular flexibility index (Phi) is 6.90. The van der Waals surface area contributed by atoms with Gasteiger partial charge in [0.15, 0.2) is 0 Å². The van der Waals surface area contributed by atoms with Gasteiger partial charge in [-0.15, -0.1) is 0 Å². The summed E-state index contributed by atoms with van der Waals surface area (Å²) >= 11 is 0. The molecule has 3 rings (SSSR count). The van der Waals surface area contributed by atoms with E-state index in [4.69, 9.17) is 9.47 Å². The van der Waals surface area contributed by atoms with Crippen molar-refractivity contribution < 1.29 is 24.2 Å². The molecule has 1 saturated heterocycles. The summed E-state index contributed by atoms with van der Waals surface area (Å²) in [7, 11) is 1.59. The summed E-state index contributed by atoms with van der Waals surface area (Å²) in [5.41, 5.74) is 2.42. The van der Waals surface area contributed by atoms with Crippen LogP contribution in [0.25, 0.3) is 5.76 Å². The lowest BCUT2D eigenvalue weighted by Gasteiger charge is -2.25. The van der Waals surface area contributed by atoms with E-state index in [2.05, 4.69) is 0 Å². The molecular formula is C24H27NO5. The summed E-state index contributed by atoms with van der Waals surface area (Å²) < 4.78 is 10.5. The lowest BCUT2D eigenvalue weighted by Crippen LogP contribution is -2.31. The van der Waals surface area contributed by atoms with E-state index in [0.717, 1.165) is 11.1 Å². The normalized spacial score (nSPS) is 18.1. The molecule has 0 unspecified atom stereocenters. The molecule has 0 aromatic heterocycles. The van der Waals surface area contributed by atoms with Gasteiger partial charge < -0.3 is 19.5 Å². The van der Waals surface area contributed by atoms with Crippen LogP contribution in [-0.2, 0) is 14.3 Å². The van der Waals surface area contributed by atoms with E-state index < -0.39 is 17.7 Å². The van der Waals surface area contributed by atoms with Gasteiger partial charge in [-0.05, 0) is 50.1 Å². The Morgan fingerprint density at radius 2 is 1.73 bits per heavy atom. The van der Waals surface area contributed by atoms with Crippen LogP contribution in [0.2, 0.25) is 0 Å². The number of likely N-dealkylation sites (tertiary alicyclic amines) is 1. The maximum absolute atomic E-state index is 12.9. The summed E-state index contributed by atoms with van der Waals surface area (Å²) in [6, 6.07) is 13.8. The lowest BCUT2D eigenvalue weighted by molar-refractivity contribution is -0.140. The molecule has 0 radical (unpaired) electrons. The second-order valence-electron chi connectivity index (χ2n) is 7.21. The zero-order valence-corrected chi connectivity index (χ0v) is 17.6. The van der Waals surface area contributed by atoms with Crippen LogP contribution in [0.4, 0.5) is 0 Å². The molecule has 1 heterocycles. The smallest absolute Gasteiger partial charge is 0.295 e. The summed E-state index contributed by atoms with van der Waals surface area (Å²) in [6.45, 7) is 5.23. The molecule has 0 spiro atoms. The average molecular weight is 409 g/mol. The van der Waals surface area contributed by atoms with E-state index in [0.29, 0.717) is 37.5 Å². The van der Waals surface area contributed by atoms with Crippen molar-refractivity contribution in [1.29, 1.82) is 0 Å². The molecule has 0 saturated carbocycles. The first kappa shape index (κ1) is 21.6. The highest BCUT2D eigenvalue weighted by molar-refractivity contribution is 6.46. The van der Waals surface area contributed by atoms with Crippen molar-refractivity contribution in [3.05, 3.63) is 70.8 Å². The van der Waals surface area contributed by atoms with E-state index >= 15 is 0 Å². The molecule has 158 valence electrons. The van der Waals surface area contributed by atoms with Crippen molar-refractivity contribution in [2.24, 2.45) is 0 Å². The molecule has 6 heteroatoms. The second kappa shape index (κ2) is 9.59. The fourth-order valence-corrected chi connectivity index (χ4v) is 3.62. The van der Waals surface area contributed by atoms with E-state index in [1.54, 1.807) is 31.4 Å². The molecule has 1 atom stereocenters. The molecule has 1 aliphatic rings. The van der Waals surface area contributed by atoms with Crippen molar-refractivity contribution in [3.63, 3.8) is 0 Å². The number of Topliss-reactive ketones (excluding diaryl/α,β-unsaturated/α-hetero) is 1. The molecule has 6 nitrogen and oxygen atoms in total. The van der Waals surface area contributed by atoms with Gasteiger partial charge >= 0.3 is 0 Å². The Morgan fingerprint density at radius 3 is 2.33 bits per heavy atom. The number of carbonyl (C=O) groups is 2. The largest absolute Gasteiger partial charge is 0.507 e. The Bertz CT molecular complexity index is 931. The monoisotopic (exact) mass is 409 g/mol. The third kappa shape index (κ3) is 4.39. The SMILES string of the molecule is CCOc1ccc(C(O)=C2C(=O)C(=O)N(CCCOC)[C@H]2c2ccc(C)cc2)cc1. The van der Waals surface area contributed by atoms with Gasteiger partial charge in [0.25, 0.3) is 11.7 Å². The third-order valence-corrected chi connectivity index (χ3v) is 5.12. The van der Waals surface area contributed by atoms with Crippen LogP contribution in [0, 0.1) is 6.92 Å². The van der Waals surface area contributed by atoms with Crippen molar-refractivity contribution >= 4 is 17.4 Å². The maximum Gasteiger partial charge on any atom is 0.295 e. The van der Waals surface area contributed by atoms with Crippen molar-refractivity contribution in [1.82, 2.24) is 4.90 Å². The van der Waals surface area contributed by atoms with Crippen molar-refractivity contribution in [3.8, 4) is 5.75 Å². The van der Waals surface area contributed by atoms with E-state index in [-0.39, 0.29) is 11.3 Å². The van der Waals surface area contributed by atoms with Gasteiger partial charge in [-0.1, -0.05) is 29.8 Å². The van der Waals surface area contributed by atoms with Gasteiger partial charge in [0.2, 0.25) is 0 Å². The average Bonchev–Trinajstić information content (AvgIpc) is 3.00. The number of aliphatic hydroxyl groups excluding tert-OH is 1. The van der Waals surface area contributed by atoms with Crippen LogP contribution in [0.1, 0.15) is 36.1 Å². The number of aliphatic hydroxyl groups is 1. The molecule has 1 fully saturated rings. The van der Waals surface area contributed by atoms with Crippen LogP contribution in [0.5, 0.6) is 5.75 Å². The molecule has 0 aliphatic carbocycles. The van der Waals surface area contributed by atoms with Crippen LogP contribution < -0.4 is 4.74 Å². The number of hydrogen-bond acceptors (Lipinski definition) is 5. The minimum absolute atomic E-state index is 0.102. The van der Waals surface area contributed by atoms with Crippen LogP contribution in [-0.4, -0.2) is 48.6 Å². The quantitative estimate of drug-likeness (QED) is 0.310. The molecule has 30 heavy (non-hydrogen) atoms. The number of rotatable bonds is 8. The molecule has 1 aliphatic heterocycles. The number of ketones is 1. The van der Waals surface area contributed by atoms with Gasteiger partial charge in [0, 0.05) is 25.8 Å². The Balaban J connectivity index is 2.06. The second-order valence-corrected chi connectivity index (χ2v) is 7.21. The summed E-state index contributed by atoms with van der Waals surface area (Å²) in [4.78, 5) is 27.2. The number of benzene rings is 2. The molecule has 2 aromatic rings. The van der Waals surface area contributed by atoms with Crippen LogP contribution in [0.15, 0.2) is 54.1 Å². The predicted octanol–water partition coefficient (Wildman–Crippen LogP) is 3.85. The van der Waals surface area contributed by atoms with E-state index in [9.17, 15) is 14.7 Å². The van der Waals surface area contributed by atoms with E-state index in [1.165, 1.54) is 4.90 Å². The maximum atomic E-state index is 12.9. The van der Waals surface area contributed by atoms with Gasteiger partial charge in [-0.3, -0.25) is 9.59 Å². The number of carbonyl (C=O) groups excluding carboxylic acids is 2. The first-order chi connectivity index (χ1) is 14.5. The molecule has 1 amide bonds. The van der Waals surface area contributed by atoms with Gasteiger partial charge in [-0.2, -0.15) is 0 Å². The minimum atomic E-state index is -0.677. The van der Waals surface area contributed by atoms with Crippen molar-refractivity contribution in [2.45, 2.75) is 26.3 Å². The van der Waals surface area contributed by atoms with Crippen LogP contribution in [0.3, 0.4) is 0 Å². The first-order valence-corrected chi connectivity index (χ1v) is 10.0. The third-order valence-electron chi connectivity index (χ3n) is 5.12.